The summed E-state index contributed by atoms with van der Waals surface area (Å²) in [5.74, 6) is 1.65. The van der Waals surface area contributed by atoms with E-state index in [0.29, 0.717) is 18.8 Å². The lowest BCUT2D eigenvalue weighted by Crippen LogP contribution is -2.35. The number of hydrogen-bond donors (Lipinski definition) is 1. The van der Waals surface area contributed by atoms with Gasteiger partial charge in [0.2, 0.25) is 0 Å². The van der Waals surface area contributed by atoms with E-state index in [0.717, 1.165) is 55.0 Å². The molecule has 7 heteroatoms. The maximum atomic E-state index is 13.2. The maximum absolute atomic E-state index is 13.2. The Labute approximate surface area is 200 Å². The Balaban J connectivity index is 1.36. The first kappa shape index (κ1) is 22.5. The lowest BCUT2D eigenvalue weighted by atomic mass is 10.0. The molecule has 0 spiro atoms. The summed E-state index contributed by atoms with van der Waals surface area (Å²) in [4.78, 5) is 15.6. The van der Waals surface area contributed by atoms with Crippen LogP contribution in [0.1, 0.15) is 58.8 Å². The van der Waals surface area contributed by atoms with Crippen molar-refractivity contribution in [3.05, 3.63) is 77.0 Å². The summed E-state index contributed by atoms with van der Waals surface area (Å²) in [5, 5.41) is 8.08. The topological polar surface area (TPSA) is 72.5 Å². The van der Waals surface area contributed by atoms with E-state index < -0.39 is 0 Å². The van der Waals surface area contributed by atoms with E-state index in [-0.39, 0.29) is 11.9 Å². The van der Waals surface area contributed by atoms with Crippen LogP contribution in [0.3, 0.4) is 0 Å². The number of nitrogens with one attached hydrogen (secondary N) is 1. The number of hydrogen-bond acceptors (Lipinski definition) is 5. The summed E-state index contributed by atoms with van der Waals surface area (Å²) < 4.78 is 12.7. The molecular weight excluding hydrogens is 428 g/mol. The van der Waals surface area contributed by atoms with Crippen LogP contribution in [0.15, 0.2) is 53.2 Å². The van der Waals surface area contributed by atoms with Gasteiger partial charge >= 0.3 is 0 Å². The molecule has 34 heavy (non-hydrogen) atoms. The fourth-order valence-electron chi connectivity index (χ4n) is 4.95. The van der Waals surface area contributed by atoms with Gasteiger partial charge < -0.3 is 14.5 Å². The summed E-state index contributed by atoms with van der Waals surface area (Å²) in [6.07, 6.45) is 11.1. The predicted molar refractivity (Wildman–Crippen MR) is 131 cm³/mol. The first-order valence-electron chi connectivity index (χ1n) is 12.1. The number of carbonyl (C=O) groups is 1. The van der Waals surface area contributed by atoms with Gasteiger partial charge in [-0.2, -0.15) is 5.10 Å². The average Bonchev–Trinajstić information content (AvgIpc) is 3.62. The Morgan fingerprint density at radius 2 is 2.06 bits per heavy atom. The molecule has 2 aromatic heterocycles. The second-order valence-electron chi connectivity index (χ2n) is 9.14. The van der Waals surface area contributed by atoms with E-state index in [4.69, 9.17) is 14.3 Å². The molecule has 0 unspecified atom stereocenters. The normalized spacial score (nSPS) is 16.7. The molecule has 1 fully saturated rings. The Morgan fingerprint density at radius 1 is 1.24 bits per heavy atom. The summed E-state index contributed by atoms with van der Waals surface area (Å²) in [5.41, 5.74) is 3.94. The Bertz CT molecular complexity index is 1130. The second-order valence-corrected chi connectivity index (χ2v) is 9.14. The number of methoxy groups -OCH3 is 1. The van der Waals surface area contributed by atoms with Gasteiger partial charge in [-0.15, -0.1) is 0 Å². The van der Waals surface area contributed by atoms with Gasteiger partial charge in [0.1, 0.15) is 11.5 Å². The van der Waals surface area contributed by atoms with Crippen LogP contribution in [0.2, 0.25) is 0 Å². The van der Waals surface area contributed by atoms with E-state index in [1.165, 1.54) is 18.5 Å². The van der Waals surface area contributed by atoms with Crippen molar-refractivity contribution < 1.29 is 13.9 Å². The molecule has 3 aromatic rings. The largest absolute Gasteiger partial charge is 0.497 e. The van der Waals surface area contributed by atoms with Crippen LogP contribution >= 0.6 is 0 Å². The monoisotopic (exact) mass is 460 g/mol. The number of ether oxygens (including phenoxy) is 1. The first-order valence-corrected chi connectivity index (χ1v) is 12.1. The third-order valence-corrected chi connectivity index (χ3v) is 6.80. The van der Waals surface area contributed by atoms with Gasteiger partial charge in [-0.3, -0.25) is 14.4 Å². The van der Waals surface area contributed by atoms with Crippen molar-refractivity contribution in [1.82, 2.24) is 20.0 Å². The summed E-state index contributed by atoms with van der Waals surface area (Å²) >= 11 is 0. The molecule has 1 aromatic carbocycles. The molecule has 0 atom stereocenters. The van der Waals surface area contributed by atoms with Crippen LogP contribution in [0.5, 0.6) is 5.75 Å². The Morgan fingerprint density at radius 3 is 2.79 bits per heavy atom. The summed E-state index contributed by atoms with van der Waals surface area (Å²) in [7, 11) is 1.67. The van der Waals surface area contributed by atoms with Crippen LogP contribution < -0.4 is 10.1 Å². The van der Waals surface area contributed by atoms with E-state index in [1.807, 2.05) is 35.0 Å². The highest BCUT2D eigenvalue weighted by Gasteiger charge is 2.29. The molecule has 2 aliphatic rings. The smallest absolute Gasteiger partial charge is 0.272 e. The van der Waals surface area contributed by atoms with E-state index in [2.05, 4.69) is 28.4 Å². The molecule has 0 saturated heterocycles. The number of rotatable bonds is 8. The minimum atomic E-state index is -0.0374. The second kappa shape index (κ2) is 10.3. The van der Waals surface area contributed by atoms with E-state index >= 15 is 0 Å². The van der Waals surface area contributed by atoms with Crippen molar-refractivity contribution >= 4 is 12.0 Å². The SMILES string of the molecule is COc1ccc(Cn2nc(C(=O)NC3CCCC3)c3c2CCN(CC=Cc2ccco2)C3)cc1. The third-order valence-electron chi connectivity index (χ3n) is 6.80. The van der Waals surface area contributed by atoms with E-state index in [1.54, 1.807) is 13.4 Å². The molecule has 1 aliphatic heterocycles. The molecule has 7 nitrogen and oxygen atoms in total. The molecule has 3 heterocycles. The maximum Gasteiger partial charge on any atom is 0.272 e. The van der Waals surface area contributed by atoms with Crippen molar-refractivity contribution in [3.8, 4) is 5.75 Å². The highest BCUT2D eigenvalue weighted by atomic mass is 16.5. The molecule has 1 aliphatic carbocycles. The zero-order valence-electron chi connectivity index (χ0n) is 19.7. The molecule has 1 N–H and O–H groups in total. The number of carbonyl (C=O) groups excluding carboxylic acids is 1. The molecule has 0 radical (unpaired) electrons. The van der Waals surface area contributed by atoms with Crippen LogP contribution in [0, 0.1) is 0 Å². The van der Waals surface area contributed by atoms with Crippen LogP contribution in [-0.2, 0) is 19.5 Å². The van der Waals surface area contributed by atoms with Crippen molar-refractivity contribution in [2.45, 2.75) is 51.2 Å². The highest BCUT2D eigenvalue weighted by molar-refractivity contribution is 5.94. The molecule has 178 valence electrons. The van der Waals surface area contributed by atoms with E-state index in [9.17, 15) is 4.79 Å². The molecule has 1 amide bonds. The van der Waals surface area contributed by atoms with Crippen molar-refractivity contribution in [2.75, 3.05) is 20.2 Å². The Hall–Kier alpha value is -3.32. The summed E-state index contributed by atoms with van der Waals surface area (Å²) in [6.45, 7) is 3.08. The van der Waals surface area contributed by atoms with Crippen LogP contribution in [0.4, 0.5) is 0 Å². The van der Waals surface area contributed by atoms with Crippen molar-refractivity contribution in [3.63, 3.8) is 0 Å². The average molecular weight is 461 g/mol. The van der Waals surface area contributed by atoms with Crippen molar-refractivity contribution in [2.24, 2.45) is 0 Å². The van der Waals surface area contributed by atoms with Gasteiger partial charge in [0, 0.05) is 43.4 Å². The lowest BCUT2D eigenvalue weighted by molar-refractivity contribution is 0.0930. The standard InChI is InChI=1S/C27H32N4O3/c1-33-22-12-10-20(11-13-22)18-31-25-14-16-30(15-4-8-23-9-5-17-34-23)19-24(25)26(29-31)27(32)28-21-6-2-3-7-21/h4-5,8-13,17,21H,2-3,6-7,14-16,18-19H2,1H3,(H,28,32). The predicted octanol–water partition coefficient (Wildman–Crippen LogP) is 4.28. The fourth-order valence-corrected chi connectivity index (χ4v) is 4.95. The van der Waals surface area contributed by atoms with Gasteiger partial charge in [0.25, 0.3) is 5.91 Å². The van der Waals surface area contributed by atoms with Gasteiger partial charge in [0.05, 0.1) is 19.9 Å². The van der Waals surface area contributed by atoms with Gasteiger partial charge in [-0.05, 0) is 48.7 Å². The number of fused-ring (bicyclic) bond motifs is 1. The fraction of sp³-hybridized carbons (Fsp3) is 0.407. The summed E-state index contributed by atoms with van der Waals surface area (Å²) in [6, 6.07) is 12.1. The van der Waals surface area contributed by atoms with Crippen LogP contribution in [0.25, 0.3) is 6.08 Å². The minimum absolute atomic E-state index is 0.0374. The number of nitrogens with zero attached hydrogens (tertiary/aromatic N) is 3. The van der Waals surface area contributed by atoms with Gasteiger partial charge in [-0.25, -0.2) is 0 Å². The molecule has 5 rings (SSSR count). The minimum Gasteiger partial charge on any atom is -0.497 e. The number of furan rings is 1. The lowest BCUT2D eigenvalue weighted by Gasteiger charge is -2.26. The first-order chi connectivity index (χ1) is 16.7. The molecular formula is C27H32N4O3. The molecule has 0 bridgehead atoms. The number of benzene rings is 1. The molecule has 1 saturated carbocycles. The van der Waals surface area contributed by atoms with Crippen LogP contribution in [-0.4, -0.2) is 46.8 Å². The highest BCUT2D eigenvalue weighted by Crippen LogP contribution is 2.25. The quantitative estimate of drug-likeness (QED) is 0.543. The number of aromatic nitrogens is 2. The van der Waals surface area contributed by atoms with Gasteiger partial charge in [0.15, 0.2) is 5.69 Å². The third kappa shape index (κ3) is 5.09. The zero-order chi connectivity index (χ0) is 23.3. The Kier molecular flexibility index (Phi) is 6.81. The number of amides is 1. The van der Waals surface area contributed by atoms with Crippen molar-refractivity contribution in [1.29, 1.82) is 0 Å². The zero-order valence-corrected chi connectivity index (χ0v) is 19.7. The van der Waals surface area contributed by atoms with Gasteiger partial charge in [-0.1, -0.05) is 31.1 Å².